The van der Waals surface area contributed by atoms with Gasteiger partial charge in [-0.05, 0) is 31.0 Å². The van der Waals surface area contributed by atoms with Gasteiger partial charge in [0.05, 0.1) is 11.2 Å². The second-order valence-corrected chi connectivity index (χ2v) is 6.71. The highest BCUT2D eigenvalue weighted by Crippen LogP contribution is 2.36. The molecule has 0 saturated heterocycles. The normalized spacial score (nSPS) is 15.0. The molecule has 1 aliphatic rings. The van der Waals surface area contributed by atoms with E-state index < -0.39 is 0 Å². The van der Waals surface area contributed by atoms with Crippen LogP contribution in [-0.2, 0) is 4.79 Å². The first kappa shape index (κ1) is 14.5. The van der Waals surface area contributed by atoms with Crippen LogP contribution in [0.5, 0.6) is 0 Å². The number of aromatic nitrogens is 1. The number of hydrogen-bond donors (Lipinski definition) is 0. The predicted molar refractivity (Wildman–Crippen MR) is 98.2 cm³/mol. The molecule has 0 N–H and O–H groups in total. The Balaban J connectivity index is 2.03. The Bertz CT molecular complexity index is 936. The first-order valence-electron chi connectivity index (χ1n) is 7.83. The zero-order valence-corrected chi connectivity index (χ0v) is 14.2. The molecule has 1 aliphatic carbocycles. The number of hydrogen-bond acceptors (Lipinski definition) is 1. The van der Waals surface area contributed by atoms with Crippen molar-refractivity contribution in [1.29, 1.82) is 0 Å². The van der Waals surface area contributed by atoms with E-state index in [1.807, 2.05) is 24.3 Å². The fraction of sp³-hybridized carbons (Fsp3) is 0.150. The number of carbonyl (C=O) groups is 1. The smallest absolute Gasteiger partial charge is 0.157 e. The third-order valence-corrected chi connectivity index (χ3v) is 5.02. The number of carbonyl (C=O) groups excluding carboxylic acids is 1. The number of benzene rings is 2. The molecular weight excluding hydrogens is 350 g/mol. The molecular formula is C20H16BrNO. The summed E-state index contributed by atoms with van der Waals surface area (Å²) in [6.07, 6.45) is 4.33. The molecule has 0 bridgehead atoms. The van der Waals surface area contributed by atoms with Crippen molar-refractivity contribution in [2.45, 2.75) is 19.3 Å². The highest BCUT2D eigenvalue weighted by molar-refractivity contribution is 9.10. The van der Waals surface area contributed by atoms with Gasteiger partial charge in [0, 0.05) is 33.6 Å². The molecule has 0 spiro atoms. The topological polar surface area (TPSA) is 22.0 Å². The number of ketones is 1. The molecule has 4 rings (SSSR count). The maximum absolute atomic E-state index is 11.9. The van der Waals surface area contributed by atoms with Gasteiger partial charge >= 0.3 is 0 Å². The summed E-state index contributed by atoms with van der Waals surface area (Å²) in [5, 5.41) is 1.19. The van der Waals surface area contributed by atoms with Crippen LogP contribution in [0.15, 0.2) is 65.1 Å². The SMILES string of the molecule is O=C1C=C(n2c(-c3ccccc3Br)cc3ccccc32)CCC1. The van der Waals surface area contributed by atoms with Gasteiger partial charge in [0.15, 0.2) is 5.78 Å². The van der Waals surface area contributed by atoms with E-state index >= 15 is 0 Å². The number of para-hydroxylation sites is 1. The molecule has 0 fully saturated rings. The van der Waals surface area contributed by atoms with E-state index in [0.29, 0.717) is 6.42 Å². The number of nitrogens with zero attached hydrogens (tertiary/aromatic N) is 1. The van der Waals surface area contributed by atoms with Gasteiger partial charge in [0.2, 0.25) is 0 Å². The van der Waals surface area contributed by atoms with Crippen molar-refractivity contribution in [3.63, 3.8) is 0 Å². The fourth-order valence-electron chi connectivity index (χ4n) is 3.28. The molecule has 0 atom stereocenters. The van der Waals surface area contributed by atoms with Crippen molar-refractivity contribution in [2.75, 3.05) is 0 Å². The quantitative estimate of drug-likeness (QED) is 0.573. The summed E-state index contributed by atoms with van der Waals surface area (Å²) >= 11 is 3.66. The lowest BCUT2D eigenvalue weighted by Crippen LogP contribution is -2.08. The molecule has 3 aromatic rings. The molecule has 3 heteroatoms. The Morgan fingerprint density at radius 1 is 0.957 bits per heavy atom. The van der Waals surface area contributed by atoms with Crippen LogP contribution < -0.4 is 0 Å². The molecule has 114 valence electrons. The first-order valence-corrected chi connectivity index (χ1v) is 8.62. The van der Waals surface area contributed by atoms with Crippen molar-refractivity contribution in [3.8, 4) is 11.3 Å². The molecule has 23 heavy (non-hydrogen) atoms. The number of allylic oxidation sites excluding steroid dienone is 2. The van der Waals surface area contributed by atoms with E-state index in [0.717, 1.165) is 39.8 Å². The zero-order chi connectivity index (χ0) is 15.8. The molecule has 2 nitrogen and oxygen atoms in total. The monoisotopic (exact) mass is 365 g/mol. The van der Waals surface area contributed by atoms with Crippen LogP contribution in [-0.4, -0.2) is 10.4 Å². The average Bonchev–Trinajstić information content (AvgIpc) is 2.94. The lowest BCUT2D eigenvalue weighted by molar-refractivity contribution is -0.114. The summed E-state index contributed by atoms with van der Waals surface area (Å²) in [6, 6.07) is 18.8. The van der Waals surface area contributed by atoms with E-state index in [1.54, 1.807) is 0 Å². The molecule has 0 amide bonds. The average molecular weight is 366 g/mol. The maximum Gasteiger partial charge on any atom is 0.157 e. The second kappa shape index (κ2) is 5.82. The Labute approximate surface area is 143 Å². The van der Waals surface area contributed by atoms with Crippen LogP contribution in [0.3, 0.4) is 0 Å². The van der Waals surface area contributed by atoms with Crippen molar-refractivity contribution in [1.82, 2.24) is 4.57 Å². The summed E-state index contributed by atoms with van der Waals surface area (Å²) in [6.45, 7) is 0. The van der Waals surface area contributed by atoms with Crippen LogP contribution in [0, 0.1) is 0 Å². The highest BCUT2D eigenvalue weighted by Gasteiger charge is 2.18. The van der Waals surface area contributed by atoms with E-state index in [2.05, 4.69) is 56.9 Å². The zero-order valence-electron chi connectivity index (χ0n) is 12.6. The van der Waals surface area contributed by atoms with Crippen molar-refractivity contribution >= 4 is 38.3 Å². The van der Waals surface area contributed by atoms with Crippen LogP contribution in [0.1, 0.15) is 19.3 Å². The predicted octanol–water partition coefficient (Wildman–Crippen LogP) is 5.66. The van der Waals surface area contributed by atoms with E-state index in [1.165, 1.54) is 5.39 Å². The molecule has 0 saturated carbocycles. The van der Waals surface area contributed by atoms with Gasteiger partial charge in [0.25, 0.3) is 0 Å². The number of fused-ring (bicyclic) bond motifs is 1. The van der Waals surface area contributed by atoms with Gasteiger partial charge in [-0.15, -0.1) is 0 Å². The largest absolute Gasteiger partial charge is 0.313 e. The maximum atomic E-state index is 11.9. The number of rotatable bonds is 2. The Hall–Kier alpha value is -2.13. The molecule has 0 aliphatic heterocycles. The molecule has 0 unspecified atom stereocenters. The van der Waals surface area contributed by atoms with Crippen LogP contribution in [0.2, 0.25) is 0 Å². The minimum Gasteiger partial charge on any atom is -0.313 e. The Morgan fingerprint density at radius 3 is 2.57 bits per heavy atom. The summed E-state index contributed by atoms with van der Waals surface area (Å²) < 4.78 is 3.30. The molecule has 2 aromatic carbocycles. The minimum absolute atomic E-state index is 0.224. The molecule has 0 radical (unpaired) electrons. The van der Waals surface area contributed by atoms with Crippen molar-refractivity contribution < 1.29 is 4.79 Å². The van der Waals surface area contributed by atoms with E-state index in [-0.39, 0.29) is 5.78 Å². The first-order chi connectivity index (χ1) is 11.2. The summed E-state index contributed by atoms with van der Waals surface area (Å²) in [4.78, 5) is 11.9. The van der Waals surface area contributed by atoms with Gasteiger partial charge in [-0.3, -0.25) is 4.79 Å². The fourth-order valence-corrected chi connectivity index (χ4v) is 3.77. The van der Waals surface area contributed by atoms with Crippen molar-refractivity contribution in [2.24, 2.45) is 0 Å². The lowest BCUT2D eigenvalue weighted by Gasteiger charge is -2.18. The standard InChI is InChI=1S/C20H16BrNO/c21-18-10-3-2-9-17(18)20-12-14-6-1-4-11-19(14)22(20)15-7-5-8-16(23)13-15/h1-4,6,9-13H,5,7-8H2. The van der Waals surface area contributed by atoms with Crippen LogP contribution in [0.4, 0.5) is 0 Å². The van der Waals surface area contributed by atoms with Crippen LogP contribution in [0.25, 0.3) is 27.9 Å². The van der Waals surface area contributed by atoms with Crippen molar-refractivity contribution in [3.05, 3.63) is 65.1 Å². The minimum atomic E-state index is 0.224. The Kier molecular flexibility index (Phi) is 3.66. The van der Waals surface area contributed by atoms with E-state index in [9.17, 15) is 4.79 Å². The number of halogens is 1. The van der Waals surface area contributed by atoms with Gasteiger partial charge in [-0.2, -0.15) is 0 Å². The molecule has 1 heterocycles. The summed E-state index contributed by atoms with van der Waals surface area (Å²) in [5.41, 5.74) is 4.51. The van der Waals surface area contributed by atoms with Gasteiger partial charge in [-0.1, -0.05) is 52.3 Å². The van der Waals surface area contributed by atoms with Gasteiger partial charge < -0.3 is 4.57 Å². The highest BCUT2D eigenvalue weighted by atomic mass is 79.9. The second-order valence-electron chi connectivity index (χ2n) is 5.86. The van der Waals surface area contributed by atoms with E-state index in [4.69, 9.17) is 0 Å². The summed E-state index contributed by atoms with van der Waals surface area (Å²) in [5.74, 6) is 0.224. The third kappa shape index (κ3) is 2.55. The van der Waals surface area contributed by atoms with Crippen LogP contribution >= 0.6 is 15.9 Å². The molecule has 1 aromatic heterocycles. The lowest BCUT2D eigenvalue weighted by atomic mass is 10.0. The van der Waals surface area contributed by atoms with Gasteiger partial charge in [0.1, 0.15) is 0 Å². The summed E-state index contributed by atoms with van der Waals surface area (Å²) in [7, 11) is 0. The Morgan fingerprint density at radius 2 is 1.74 bits per heavy atom. The van der Waals surface area contributed by atoms with Gasteiger partial charge in [-0.25, -0.2) is 0 Å². The third-order valence-electron chi connectivity index (χ3n) is 4.33.